The van der Waals surface area contributed by atoms with Gasteiger partial charge in [-0.2, -0.15) is 0 Å². The van der Waals surface area contributed by atoms with Crippen molar-refractivity contribution in [1.82, 2.24) is 9.55 Å². The van der Waals surface area contributed by atoms with E-state index < -0.39 is 11.8 Å². The lowest BCUT2D eigenvalue weighted by molar-refractivity contribution is -0.145. The molecular formula is C18H14ClFN2O3. The molecule has 0 saturated heterocycles. The Hall–Kier alpha value is -2.73. The minimum atomic E-state index is -0.486. The minimum absolute atomic E-state index is 0.0126. The SMILES string of the molecule is O=C(CCn1cnc2ccccc2c1=O)OCc1ccc(F)cc1Cl. The average molecular weight is 361 g/mol. The largest absolute Gasteiger partial charge is 0.461 e. The monoisotopic (exact) mass is 360 g/mol. The summed E-state index contributed by atoms with van der Waals surface area (Å²) in [5.74, 6) is -0.941. The van der Waals surface area contributed by atoms with Gasteiger partial charge < -0.3 is 4.74 Å². The number of ether oxygens (including phenoxy) is 1. The predicted molar refractivity (Wildman–Crippen MR) is 91.8 cm³/mol. The van der Waals surface area contributed by atoms with E-state index in [4.69, 9.17) is 16.3 Å². The molecule has 0 radical (unpaired) electrons. The van der Waals surface area contributed by atoms with Crippen LogP contribution in [0.5, 0.6) is 0 Å². The number of aryl methyl sites for hydroxylation is 1. The van der Waals surface area contributed by atoms with Gasteiger partial charge in [-0.1, -0.05) is 29.8 Å². The first-order valence-corrected chi connectivity index (χ1v) is 7.96. The zero-order chi connectivity index (χ0) is 17.8. The average Bonchev–Trinajstić information content (AvgIpc) is 2.60. The van der Waals surface area contributed by atoms with Crippen molar-refractivity contribution >= 4 is 28.5 Å². The van der Waals surface area contributed by atoms with Crippen molar-refractivity contribution in [1.29, 1.82) is 0 Å². The molecule has 0 N–H and O–H groups in total. The smallest absolute Gasteiger partial charge is 0.307 e. The van der Waals surface area contributed by atoms with Gasteiger partial charge in [0.2, 0.25) is 0 Å². The third kappa shape index (κ3) is 4.03. The molecular weight excluding hydrogens is 347 g/mol. The van der Waals surface area contributed by atoms with E-state index in [9.17, 15) is 14.0 Å². The summed E-state index contributed by atoms with van der Waals surface area (Å²) in [6.45, 7) is 0.107. The molecule has 0 spiro atoms. The van der Waals surface area contributed by atoms with Crippen LogP contribution in [0.15, 0.2) is 53.6 Å². The molecule has 0 amide bonds. The van der Waals surface area contributed by atoms with Crippen LogP contribution in [0.1, 0.15) is 12.0 Å². The van der Waals surface area contributed by atoms with Gasteiger partial charge >= 0.3 is 5.97 Å². The van der Waals surface area contributed by atoms with Crippen molar-refractivity contribution in [2.45, 2.75) is 19.6 Å². The molecule has 0 bridgehead atoms. The van der Waals surface area contributed by atoms with Crippen LogP contribution in [0.3, 0.4) is 0 Å². The molecule has 3 rings (SSSR count). The molecule has 0 aliphatic heterocycles. The summed E-state index contributed by atoms with van der Waals surface area (Å²) in [7, 11) is 0. The number of fused-ring (bicyclic) bond motifs is 1. The fourth-order valence-corrected chi connectivity index (χ4v) is 2.57. The topological polar surface area (TPSA) is 61.2 Å². The first-order valence-electron chi connectivity index (χ1n) is 7.58. The quantitative estimate of drug-likeness (QED) is 0.655. The summed E-state index contributed by atoms with van der Waals surface area (Å²) in [6.07, 6.45) is 1.42. The van der Waals surface area contributed by atoms with Crippen molar-refractivity contribution in [3.63, 3.8) is 0 Å². The molecule has 7 heteroatoms. The van der Waals surface area contributed by atoms with Gasteiger partial charge in [-0.05, 0) is 24.3 Å². The van der Waals surface area contributed by atoms with Gasteiger partial charge in [0.25, 0.3) is 5.56 Å². The number of rotatable bonds is 5. The molecule has 128 valence electrons. The van der Waals surface area contributed by atoms with Crippen molar-refractivity contribution in [2.75, 3.05) is 0 Å². The molecule has 0 aliphatic rings. The maximum absolute atomic E-state index is 13.0. The highest BCUT2D eigenvalue weighted by atomic mass is 35.5. The van der Waals surface area contributed by atoms with E-state index in [-0.39, 0.29) is 30.2 Å². The highest BCUT2D eigenvalue weighted by molar-refractivity contribution is 6.31. The van der Waals surface area contributed by atoms with Crippen molar-refractivity contribution in [2.24, 2.45) is 0 Å². The number of nitrogens with zero attached hydrogens (tertiary/aromatic N) is 2. The molecule has 0 fully saturated rings. The molecule has 3 aromatic rings. The fourth-order valence-electron chi connectivity index (χ4n) is 2.35. The van der Waals surface area contributed by atoms with Gasteiger partial charge in [-0.3, -0.25) is 14.2 Å². The van der Waals surface area contributed by atoms with Crippen LogP contribution < -0.4 is 5.56 Å². The lowest BCUT2D eigenvalue weighted by atomic mass is 10.2. The Labute approximate surface area is 147 Å². The van der Waals surface area contributed by atoms with Gasteiger partial charge in [-0.15, -0.1) is 0 Å². The minimum Gasteiger partial charge on any atom is -0.461 e. The number of aromatic nitrogens is 2. The van der Waals surface area contributed by atoms with Crippen LogP contribution >= 0.6 is 11.6 Å². The van der Waals surface area contributed by atoms with Crippen LogP contribution in [-0.4, -0.2) is 15.5 Å². The van der Waals surface area contributed by atoms with E-state index >= 15 is 0 Å². The van der Waals surface area contributed by atoms with Gasteiger partial charge in [-0.25, -0.2) is 9.37 Å². The zero-order valence-electron chi connectivity index (χ0n) is 13.1. The molecule has 0 unspecified atom stereocenters. The standard InChI is InChI=1S/C18H14ClFN2O3/c19-15-9-13(20)6-5-12(15)10-25-17(23)7-8-22-11-21-16-4-2-1-3-14(16)18(22)24/h1-6,9,11H,7-8,10H2. The third-order valence-electron chi connectivity index (χ3n) is 3.69. The maximum atomic E-state index is 13.0. The highest BCUT2D eigenvalue weighted by Gasteiger charge is 2.09. The van der Waals surface area contributed by atoms with Crippen molar-refractivity contribution < 1.29 is 13.9 Å². The molecule has 0 atom stereocenters. The van der Waals surface area contributed by atoms with E-state index in [0.29, 0.717) is 16.5 Å². The molecule has 2 aromatic carbocycles. The number of carbonyl (C=O) groups is 1. The first-order chi connectivity index (χ1) is 12.0. The van der Waals surface area contributed by atoms with Gasteiger partial charge in [0.15, 0.2) is 0 Å². The second-order valence-electron chi connectivity index (χ2n) is 5.41. The van der Waals surface area contributed by atoms with E-state index in [2.05, 4.69) is 4.98 Å². The number of hydrogen-bond donors (Lipinski definition) is 0. The maximum Gasteiger partial charge on any atom is 0.307 e. The number of hydrogen-bond acceptors (Lipinski definition) is 4. The van der Waals surface area contributed by atoms with Crippen LogP contribution in [0.2, 0.25) is 5.02 Å². The molecule has 1 heterocycles. The van der Waals surface area contributed by atoms with Crippen LogP contribution in [0.25, 0.3) is 10.9 Å². The summed E-state index contributed by atoms with van der Waals surface area (Å²) < 4.78 is 19.5. The van der Waals surface area contributed by atoms with Crippen LogP contribution in [0.4, 0.5) is 4.39 Å². The predicted octanol–water partition coefficient (Wildman–Crippen LogP) is 3.32. The van der Waals surface area contributed by atoms with Crippen molar-refractivity contribution in [3.8, 4) is 0 Å². The Morgan fingerprint density at radius 2 is 2.04 bits per heavy atom. The normalized spacial score (nSPS) is 10.8. The van der Waals surface area contributed by atoms with Crippen LogP contribution in [-0.2, 0) is 22.7 Å². The van der Waals surface area contributed by atoms with Crippen LogP contribution in [0, 0.1) is 5.82 Å². The number of esters is 1. The van der Waals surface area contributed by atoms with E-state index in [1.807, 2.05) is 0 Å². The summed E-state index contributed by atoms with van der Waals surface area (Å²) in [4.78, 5) is 28.4. The molecule has 5 nitrogen and oxygen atoms in total. The lowest BCUT2D eigenvalue weighted by Gasteiger charge is -2.08. The molecule has 0 saturated carbocycles. The number of para-hydroxylation sites is 1. The van der Waals surface area contributed by atoms with Gasteiger partial charge in [0.1, 0.15) is 12.4 Å². The third-order valence-corrected chi connectivity index (χ3v) is 4.04. The van der Waals surface area contributed by atoms with Crippen molar-refractivity contribution in [3.05, 3.63) is 75.5 Å². The fraction of sp³-hybridized carbons (Fsp3) is 0.167. The Bertz CT molecular complexity index is 987. The van der Waals surface area contributed by atoms with Gasteiger partial charge in [0, 0.05) is 12.1 Å². The number of carbonyl (C=O) groups excluding carboxylic acids is 1. The summed E-state index contributed by atoms with van der Waals surface area (Å²) in [5, 5.41) is 0.694. The zero-order valence-corrected chi connectivity index (χ0v) is 13.9. The highest BCUT2D eigenvalue weighted by Crippen LogP contribution is 2.18. The lowest BCUT2D eigenvalue weighted by Crippen LogP contribution is -2.22. The molecule has 25 heavy (non-hydrogen) atoms. The van der Waals surface area contributed by atoms with E-state index in [1.165, 1.54) is 23.0 Å². The second kappa shape index (κ2) is 7.44. The first kappa shape index (κ1) is 17.1. The summed E-state index contributed by atoms with van der Waals surface area (Å²) in [5.41, 5.74) is 0.915. The number of benzene rings is 2. The van der Waals surface area contributed by atoms with E-state index in [1.54, 1.807) is 24.3 Å². The number of halogens is 2. The second-order valence-corrected chi connectivity index (χ2v) is 5.81. The Morgan fingerprint density at radius 1 is 1.24 bits per heavy atom. The Morgan fingerprint density at radius 3 is 2.84 bits per heavy atom. The van der Waals surface area contributed by atoms with E-state index in [0.717, 1.165) is 6.07 Å². The van der Waals surface area contributed by atoms with Gasteiger partial charge in [0.05, 0.1) is 28.7 Å². The Kier molecular flexibility index (Phi) is 5.09. The molecule has 1 aromatic heterocycles. The Balaban J connectivity index is 1.61. The summed E-state index contributed by atoms with van der Waals surface area (Å²) in [6, 6.07) is 10.9. The summed E-state index contributed by atoms with van der Waals surface area (Å²) >= 11 is 5.88. The molecule has 0 aliphatic carbocycles.